The van der Waals surface area contributed by atoms with Crippen molar-refractivity contribution in [2.75, 3.05) is 4.90 Å². The van der Waals surface area contributed by atoms with Crippen molar-refractivity contribution in [3.05, 3.63) is 149 Å². The molecular weight excluding hydrogens is 615 g/mol. The Balaban J connectivity index is 1.13. The first-order valence-electron chi connectivity index (χ1n) is 20.5. The summed E-state index contributed by atoms with van der Waals surface area (Å²) in [5.41, 5.74) is 15.0. The van der Waals surface area contributed by atoms with E-state index in [1.807, 2.05) is 0 Å². The third kappa shape index (κ3) is 6.15. The Bertz CT molecular complexity index is 1870. The molecule has 1 nitrogen and oxygen atoms in total. The summed E-state index contributed by atoms with van der Waals surface area (Å²) in [5, 5.41) is 0. The summed E-state index contributed by atoms with van der Waals surface area (Å²) >= 11 is 0. The van der Waals surface area contributed by atoms with Crippen molar-refractivity contribution in [2.24, 2.45) is 0 Å². The van der Waals surface area contributed by atoms with Gasteiger partial charge in [0.2, 0.25) is 0 Å². The summed E-state index contributed by atoms with van der Waals surface area (Å²) in [5.74, 6) is 2.14. The molecule has 5 aromatic rings. The average Bonchev–Trinajstić information content (AvgIpc) is 3.47. The minimum absolute atomic E-state index is 0.228. The van der Waals surface area contributed by atoms with Gasteiger partial charge in [-0.2, -0.15) is 0 Å². The molecule has 0 heterocycles. The van der Waals surface area contributed by atoms with Crippen molar-refractivity contribution < 1.29 is 0 Å². The van der Waals surface area contributed by atoms with Crippen molar-refractivity contribution >= 4 is 17.1 Å². The van der Waals surface area contributed by atoms with Crippen molar-refractivity contribution in [1.82, 2.24) is 0 Å². The molecule has 0 N–H and O–H groups in total. The van der Waals surface area contributed by atoms with Gasteiger partial charge in [0.05, 0.1) is 0 Å². The van der Waals surface area contributed by atoms with Crippen LogP contribution in [-0.4, -0.2) is 0 Å². The highest BCUT2D eigenvalue weighted by Gasteiger charge is 2.41. The molecule has 0 aliphatic heterocycles. The van der Waals surface area contributed by atoms with Crippen LogP contribution >= 0.6 is 0 Å². The SMILES string of the molecule is CC1(c2ccc(C3CCCCC3)cc2)c2ccccc2-c2ccc(N(c3ccc(C4CCCCC4)cc3)c3ccc(C4CCCCC4)cc3)cc21. The van der Waals surface area contributed by atoms with Gasteiger partial charge in [-0.15, -0.1) is 0 Å². The lowest BCUT2D eigenvalue weighted by molar-refractivity contribution is 0.443. The molecule has 0 spiro atoms. The van der Waals surface area contributed by atoms with Crippen LogP contribution in [0.5, 0.6) is 0 Å². The summed E-state index contributed by atoms with van der Waals surface area (Å²) in [6, 6.07) is 45.5. The van der Waals surface area contributed by atoms with Crippen molar-refractivity contribution in [1.29, 1.82) is 0 Å². The predicted molar refractivity (Wildman–Crippen MR) is 216 cm³/mol. The smallest absolute Gasteiger partial charge is 0.0465 e. The van der Waals surface area contributed by atoms with E-state index in [-0.39, 0.29) is 5.41 Å². The normalized spacial score (nSPS) is 21.3. The number of rotatable bonds is 7. The van der Waals surface area contributed by atoms with E-state index in [1.54, 1.807) is 0 Å². The Morgan fingerprint density at radius 3 is 1.31 bits per heavy atom. The summed E-state index contributed by atoms with van der Waals surface area (Å²) < 4.78 is 0. The van der Waals surface area contributed by atoms with E-state index in [1.165, 1.54) is 158 Å². The second kappa shape index (κ2) is 14.1. The number of fused-ring (bicyclic) bond motifs is 3. The van der Waals surface area contributed by atoms with E-state index < -0.39 is 0 Å². The first-order valence-corrected chi connectivity index (χ1v) is 20.5. The fourth-order valence-corrected chi connectivity index (χ4v) is 10.6. The Labute approximate surface area is 307 Å². The van der Waals surface area contributed by atoms with Gasteiger partial charge in [-0.3, -0.25) is 0 Å². The molecule has 1 heteroatoms. The van der Waals surface area contributed by atoms with E-state index >= 15 is 0 Å². The van der Waals surface area contributed by atoms with E-state index in [9.17, 15) is 0 Å². The monoisotopic (exact) mass is 669 g/mol. The standard InChI is InChI=1S/C50H55N/c1-50(42-27-21-39(22-28-42)36-13-5-2-6-14-36)48-20-12-11-19-46(48)47-34-33-45(35-49(47)50)51(43-29-23-40(24-30-43)37-15-7-3-8-16-37)44-31-25-41(26-32-44)38-17-9-4-10-18-38/h11-12,19-38H,2-10,13-18H2,1H3. The first kappa shape index (κ1) is 32.8. The number of hydrogen-bond acceptors (Lipinski definition) is 1. The Morgan fingerprint density at radius 2 is 0.824 bits per heavy atom. The van der Waals surface area contributed by atoms with Gasteiger partial charge in [0.15, 0.2) is 0 Å². The van der Waals surface area contributed by atoms with Gasteiger partial charge < -0.3 is 4.90 Å². The second-order valence-corrected chi connectivity index (χ2v) is 16.5. The summed E-state index contributed by atoms with van der Waals surface area (Å²) in [4.78, 5) is 2.52. The van der Waals surface area contributed by atoms with Crippen molar-refractivity contribution in [3.8, 4) is 11.1 Å². The van der Waals surface area contributed by atoms with E-state index in [4.69, 9.17) is 0 Å². The quantitative estimate of drug-likeness (QED) is 0.167. The fraction of sp³-hybridized carbons (Fsp3) is 0.400. The first-order chi connectivity index (χ1) is 25.2. The minimum atomic E-state index is -0.228. The molecule has 0 radical (unpaired) electrons. The number of anilines is 3. The molecular formula is C50H55N. The Kier molecular flexibility index (Phi) is 9.09. The highest BCUT2D eigenvalue weighted by molar-refractivity contribution is 5.87. The van der Waals surface area contributed by atoms with Crippen molar-refractivity contribution in [2.45, 2.75) is 126 Å². The van der Waals surface area contributed by atoms with Gasteiger partial charge in [0.25, 0.3) is 0 Å². The van der Waals surface area contributed by atoms with E-state index in [0.717, 1.165) is 5.92 Å². The van der Waals surface area contributed by atoms with E-state index in [2.05, 4.69) is 127 Å². The molecule has 260 valence electrons. The lowest BCUT2D eigenvalue weighted by atomic mass is 9.73. The zero-order chi connectivity index (χ0) is 34.2. The zero-order valence-corrected chi connectivity index (χ0v) is 30.8. The maximum Gasteiger partial charge on any atom is 0.0465 e. The molecule has 1 atom stereocenters. The second-order valence-electron chi connectivity index (χ2n) is 16.5. The lowest BCUT2D eigenvalue weighted by Gasteiger charge is -2.32. The van der Waals surface area contributed by atoms with Gasteiger partial charge >= 0.3 is 0 Å². The molecule has 0 bridgehead atoms. The molecule has 4 aliphatic rings. The lowest BCUT2D eigenvalue weighted by Crippen LogP contribution is -2.23. The van der Waals surface area contributed by atoms with Gasteiger partial charge in [0.1, 0.15) is 0 Å². The fourth-order valence-electron chi connectivity index (χ4n) is 10.6. The van der Waals surface area contributed by atoms with Crippen LogP contribution in [0.2, 0.25) is 0 Å². The largest absolute Gasteiger partial charge is 0.310 e. The number of benzene rings is 5. The van der Waals surface area contributed by atoms with Crippen LogP contribution in [0.15, 0.2) is 115 Å². The molecule has 51 heavy (non-hydrogen) atoms. The van der Waals surface area contributed by atoms with Gasteiger partial charge in [-0.1, -0.05) is 137 Å². The van der Waals surface area contributed by atoms with Crippen molar-refractivity contribution in [3.63, 3.8) is 0 Å². The van der Waals surface area contributed by atoms with E-state index in [0.29, 0.717) is 11.8 Å². The van der Waals surface area contributed by atoms with Crippen LogP contribution in [0, 0.1) is 0 Å². The van der Waals surface area contributed by atoms with Gasteiger partial charge in [-0.05, 0) is 144 Å². The molecule has 3 saturated carbocycles. The Hall–Kier alpha value is -4.10. The molecule has 4 aliphatic carbocycles. The van der Waals surface area contributed by atoms with Crippen LogP contribution in [0.4, 0.5) is 17.1 Å². The maximum atomic E-state index is 2.52. The minimum Gasteiger partial charge on any atom is -0.310 e. The number of hydrogen-bond donors (Lipinski definition) is 0. The third-order valence-electron chi connectivity index (χ3n) is 13.6. The molecule has 3 fully saturated rings. The number of nitrogens with zero attached hydrogens (tertiary/aromatic N) is 1. The van der Waals surface area contributed by atoms with Crippen LogP contribution in [-0.2, 0) is 5.41 Å². The van der Waals surface area contributed by atoms with Crippen LogP contribution in [0.25, 0.3) is 11.1 Å². The topological polar surface area (TPSA) is 3.24 Å². The highest BCUT2D eigenvalue weighted by atomic mass is 15.1. The average molecular weight is 670 g/mol. The van der Waals surface area contributed by atoms with Crippen LogP contribution in [0.1, 0.15) is 154 Å². The molecule has 1 unspecified atom stereocenters. The third-order valence-corrected chi connectivity index (χ3v) is 13.6. The molecule has 5 aromatic carbocycles. The molecule has 9 rings (SSSR count). The zero-order valence-electron chi connectivity index (χ0n) is 30.8. The predicted octanol–water partition coefficient (Wildman–Crippen LogP) is 14.6. The van der Waals surface area contributed by atoms with Crippen LogP contribution in [0.3, 0.4) is 0 Å². The molecule has 0 amide bonds. The summed E-state index contributed by atoms with van der Waals surface area (Å²) in [6.07, 6.45) is 20.4. The van der Waals surface area contributed by atoms with Gasteiger partial charge in [-0.25, -0.2) is 0 Å². The molecule has 0 saturated heterocycles. The highest BCUT2D eigenvalue weighted by Crippen LogP contribution is 2.54. The summed E-state index contributed by atoms with van der Waals surface area (Å²) in [7, 11) is 0. The van der Waals surface area contributed by atoms with Crippen LogP contribution < -0.4 is 4.90 Å². The summed E-state index contributed by atoms with van der Waals surface area (Å²) in [6.45, 7) is 2.47. The van der Waals surface area contributed by atoms with Gasteiger partial charge in [0, 0.05) is 22.5 Å². The Morgan fingerprint density at radius 1 is 0.412 bits per heavy atom. The maximum absolute atomic E-state index is 2.52. The molecule has 0 aromatic heterocycles.